The van der Waals surface area contributed by atoms with Crippen LogP contribution in [0.1, 0.15) is 35.7 Å². The van der Waals surface area contributed by atoms with Crippen molar-refractivity contribution >= 4 is 5.97 Å². The lowest BCUT2D eigenvalue weighted by Crippen LogP contribution is -2.10. The number of esters is 1. The molecule has 0 amide bonds. The van der Waals surface area contributed by atoms with Gasteiger partial charge in [0.1, 0.15) is 0 Å². The summed E-state index contributed by atoms with van der Waals surface area (Å²) in [5, 5.41) is 0. The quantitative estimate of drug-likeness (QED) is 0.619. The van der Waals surface area contributed by atoms with Crippen LogP contribution < -0.4 is 4.74 Å². The van der Waals surface area contributed by atoms with E-state index in [0.717, 1.165) is 37.0 Å². The molecule has 0 saturated carbocycles. The van der Waals surface area contributed by atoms with Gasteiger partial charge in [-0.05, 0) is 42.7 Å². The molecule has 0 fully saturated rings. The minimum atomic E-state index is -1.15. The summed E-state index contributed by atoms with van der Waals surface area (Å²) in [5.74, 6) is -3.21. The zero-order valence-electron chi connectivity index (χ0n) is 11.6. The molecule has 1 aromatic heterocycles. The minimum absolute atomic E-state index is 0.305. The predicted molar refractivity (Wildman–Crippen MR) is 74.2 cm³/mol. The molecule has 0 saturated heterocycles. The highest BCUT2D eigenvalue weighted by atomic mass is 19.1. The molecule has 21 heavy (non-hydrogen) atoms. The van der Waals surface area contributed by atoms with Crippen molar-refractivity contribution in [1.29, 1.82) is 0 Å². The Morgan fingerprint density at radius 3 is 2.48 bits per heavy atom. The SMILES string of the molecule is CCCCc1ccc(C(=O)Oc2ccc(F)nc2F)cc1. The highest BCUT2D eigenvalue weighted by molar-refractivity contribution is 5.91. The number of benzene rings is 1. The van der Waals surface area contributed by atoms with E-state index >= 15 is 0 Å². The highest BCUT2D eigenvalue weighted by Crippen LogP contribution is 2.17. The number of hydrogen-bond donors (Lipinski definition) is 0. The van der Waals surface area contributed by atoms with Gasteiger partial charge in [0.05, 0.1) is 5.56 Å². The van der Waals surface area contributed by atoms with Crippen molar-refractivity contribution < 1.29 is 18.3 Å². The molecule has 1 heterocycles. The predicted octanol–water partition coefficient (Wildman–Crippen LogP) is 3.92. The van der Waals surface area contributed by atoms with Crippen LogP contribution in [-0.4, -0.2) is 11.0 Å². The number of hydrogen-bond acceptors (Lipinski definition) is 3. The van der Waals surface area contributed by atoms with Gasteiger partial charge in [0.25, 0.3) is 5.95 Å². The molecule has 5 heteroatoms. The Kier molecular flexibility index (Phi) is 4.98. The molecule has 3 nitrogen and oxygen atoms in total. The topological polar surface area (TPSA) is 39.2 Å². The number of nitrogens with zero attached hydrogens (tertiary/aromatic N) is 1. The molecule has 2 aromatic rings. The maximum Gasteiger partial charge on any atom is 0.343 e. The fourth-order valence-electron chi connectivity index (χ4n) is 1.82. The zero-order chi connectivity index (χ0) is 15.2. The van der Waals surface area contributed by atoms with E-state index in [-0.39, 0.29) is 0 Å². The van der Waals surface area contributed by atoms with Gasteiger partial charge >= 0.3 is 5.97 Å². The monoisotopic (exact) mass is 291 g/mol. The lowest BCUT2D eigenvalue weighted by Gasteiger charge is -2.06. The van der Waals surface area contributed by atoms with Gasteiger partial charge in [0, 0.05) is 0 Å². The Morgan fingerprint density at radius 1 is 1.14 bits per heavy atom. The maximum atomic E-state index is 13.3. The molecular formula is C16H15F2NO2. The summed E-state index contributed by atoms with van der Waals surface area (Å²) in [6.07, 6.45) is 3.12. The first-order chi connectivity index (χ1) is 10.1. The first-order valence-electron chi connectivity index (χ1n) is 6.73. The normalized spacial score (nSPS) is 10.4. The molecule has 110 valence electrons. The molecule has 0 radical (unpaired) electrons. The van der Waals surface area contributed by atoms with E-state index in [0.29, 0.717) is 5.56 Å². The number of unbranched alkanes of at least 4 members (excludes halogenated alkanes) is 1. The Labute approximate surface area is 121 Å². The van der Waals surface area contributed by atoms with Gasteiger partial charge in [-0.2, -0.15) is 13.8 Å². The molecule has 0 spiro atoms. The zero-order valence-corrected chi connectivity index (χ0v) is 11.6. The van der Waals surface area contributed by atoms with Crippen molar-refractivity contribution in [1.82, 2.24) is 4.98 Å². The summed E-state index contributed by atoms with van der Waals surface area (Å²) in [6.45, 7) is 2.11. The van der Waals surface area contributed by atoms with Crippen molar-refractivity contribution in [3.05, 3.63) is 59.4 Å². The molecule has 0 unspecified atom stereocenters. The Hall–Kier alpha value is -2.30. The summed E-state index contributed by atoms with van der Waals surface area (Å²) in [7, 11) is 0. The summed E-state index contributed by atoms with van der Waals surface area (Å²) in [6, 6.07) is 8.89. The van der Waals surface area contributed by atoms with Crippen molar-refractivity contribution in [2.45, 2.75) is 26.2 Å². The Bertz CT molecular complexity index is 627. The first kappa shape index (κ1) is 15.1. The van der Waals surface area contributed by atoms with E-state index in [9.17, 15) is 13.6 Å². The minimum Gasteiger partial charge on any atom is -0.418 e. The number of carbonyl (C=O) groups is 1. The number of rotatable bonds is 5. The van der Waals surface area contributed by atoms with Crippen LogP contribution >= 0.6 is 0 Å². The van der Waals surface area contributed by atoms with E-state index in [4.69, 9.17) is 4.74 Å². The van der Waals surface area contributed by atoms with Gasteiger partial charge in [-0.3, -0.25) is 0 Å². The lowest BCUT2D eigenvalue weighted by molar-refractivity contribution is 0.0725. The second-order valence-corrected chi connectivity index (χ2v) is 4.61. The van der Waals surface area contributed by atoms with Crippen molar-refractivity contribution in [2.24, 2.45) is 0 Å². The second kappa shape index (κ2) is 6.92. The lowest BCUT2D eigenvalue weighted by atomic mass is 10.1. The third-order valence-electron chi connectivity index (χ3n) is 2.99. The van der Waals surface area contributed by atoms with Gasteiger partial charge in [-0.25, -0.2) is 4.79 Å². The number of aromatic nitrogens is 1. The van der Waals surface area contributed by atoms with Gasteiger partial charge in [-0.1, -0.05) is 25.5 Å². The maximum absolute atomic E-state index is 13.3. The van der Waals surface area contributed by atoms with E-state index < -0.39 is 23.6 Å². The summed E-state index contributed by atoms with van der Waals surface area (Å²) in [5.41, 5.74) is 1.43. The van der Waals surface area contributed by atoms with Crippen molar-refractivity contribution in [3.8, 4) is 5.75 Å². The van der Waals surface area contributed by atoms with E-state index in [2.05, 4.69) is 11.9 Å². The van der Waals surface area contributed by atoms with Crippen molar-refractivity contribution in [2.75, 3.05) is 0 Å². The Balaban J connectivity index is 2.06. The van der Waals surface area contributed by atoms with Crippen LogP contribution in [-0.2, 0) is 6.42 Å². The van der Waals surface area contributed by atoms with Gasteiger partial charge in [-0.15, -0.1) is 0 Å². The molecule has 2 rings (SSSR count). The first-order valence-corrected chi connectivity index (χ1v) is 6.73. The molecule has 1 aromatic carbocycles. The van der Waals surface area contributed by atoms with E-state index in [1.807, 2.05) is 12.1 Å². The molecule has 0 atom stereocenters. The number of halogens is 2. The molecular weight excluding hydrogens is 276 g/mol. The average Bonchev–Trinajstić information content (AvgIpc) is 2.48. The van der Waals surface area contributed by atoms with E-state index in [1.54, 1.807) is 12.1 Å². The fraction of sp³-hybridized carbons (Fsp3) is 0.250. The van der Waals surface area contributed by atoms with Gasteiger partial charge in [0.15, 0.2) is 5.75 Å². The third kappa shape index (κ3) is 4.08. The van der Waals surface area contributed by atoms with Gasteiger partial charge in [0.2, 0.25) is 5.95 Å². The summed E-state index contributed by atoms with van der Waals surface area (Å²) >= 11 is 0. The molecule has 0 N–H and O–H groups in total. The van der Waals surface area contributed by atoms with Crippen LogP contribution in [0.5, 0.6) is 5.75 Å². The summed E-state index contributed by atoms with van der Waals surface area (Å²) in [4.78, 5) is 14.8. The standard InChI is InChI=1S/C16H15F2NO2/c1-2-3-4-11-5-7-12(8-6-11)16(20)21-13-9-10-14(17)19-15(13)18/h5-10H,2-4H2,1H3. The number of aryl methyl sites for hydroxylation is 1. The van der Waals surface area contributed by atoms with Crippen LogP contribution in [0.15, 0.2) is 36.4 Å². The number of carbonyl (C=O) groups excluding carboxylic acids is 1. The smallest absolute Gasteiger partial charge is 0.343 e. The average molecular weight is 291 g/mol. The molecule has 0 bridgehead atoms. The van der Waals surface area contributed by atoms with Gasteiger partial charge < -0.3 is 4.74 Å². The van der Waals surface area contributed by atoms with Crippen molar-refractivity contribution in [3.63, 3.8) is 0 Å². The molecule has 0 aliphatic carbocycles. The highest BCUT2D eigenvalue weighted by Gasteiger charge is 2.13. The Morgan fingerprint density at radius 2 is 1.86 bits per heavy atom. The van der Waals surface area contributed by atoms with Crippen LogP contribution in [0.2, 0.25) is 0 Å². The largest absolute Gasteiger partial charge is 0.418 e. The van der Waals surface area contributed by atoms with Crippen LogP contribution in [0.4, 0.5) is 8.78 Å². The van der Waals surface area contributed by atoms with Crippen LogP contribution in [0.25, 0.3) is 0 Å². The second-order valence-electron chi connectivity index (χ2n) is 4.61. The summed E-state index contributed by atoms with van der Waals surface area (Å²) < 4.78 is 30.8. The molecule has 0 aliphatic rings. The third-order valence-corrected chi connectivity index (χ3v) is 2.99. The molecule has 0 aliphatic heterocycles. The number of ether oxygens (including phenoxy) is 1. The van der Waals surface area contributed by atoms with Crippen LogP contribution in [0, 0.1) is 11.9 Å². The fourth-order valence-corrected chi connectivity index (χ4v) is 1.82. The van der Waals surface area contributed by atoms with Crippen LogP contribution in [0.3, 0.4) is 0 Å². The van der Waals surface area contributed by atoms with E-state index in [1.165, 1.54) is 0 Å². The number of pyridine rings is 1.